The van der Waals surface area contributed by atoms with Crippen LogP contribution in [0.2, 0.25) is 0 Å². The Bertz CT molecular complexity index is 1180. The molecule has 0 radical (unpaired) electrons. The van der Waals surface area contributed by atoms with Gasteiger partial charge in [-0.25, -0.2) is 0 Å². The second-order valence-electron chi connectivity index (χ2n) is 10.5. The van der Waals surface area contributed by atoms with Gasteiger partial charge in [-0.2, -0.15) is 4.57 Å². The van der Waals surface area contributed by atoms with Gasteiger partial charge in [0.1, 0.15) is 0 Å². The Morgan fingerprint density at radius 2 is 1.48 bits per heavy atom. The fourth-order valence-electron chi connectivity index (χ4n) is 7.16. The number of aromatic nitrogens is 1. The van der Waals surface area contributed by atoms with Gasteiger partial charge in [0.25, 0.3) is 0 Å². The van der Waals surface area contributed by atoms with Crippen LogP contribution >= 0.6 is 0 Å². The summed E-state index contributed by atoms with van der Waals surface area (Å²) in [6, 6.07) is 18.3. The molecule has 0 N–H and O–H groups in total. The van der Waals surface area contributed by atoms with Crippen LogP contribution in [-0.2, 0) is 16.4 Å². The number of hydrogen-bond donors (Lipinski definition) is 0. The molecule has 0 amide bonds. The highest BCUT2D eigenvalue weighted by molar-refractivity contribution is 5.88. The van der Waals surface area contributed by atoms with E-state index in [0.29, 0.717) is 0 Å². The molecule has 31 heavy (non-hydrogen) atoms. The van der Waals surface area contributed by atoms with Crippen LogP contribution in [0, 0.1) is 6.92 Å². The molecule has 0 saturated heterocycles. The number of nitrogens with zero attached hydrogens (tertiary/aromatic N) is 1. The van der Waals surface area contributed by atoms with E-state index in [1.165, 1.54) is 39.1 Å². The fraction of sp³-hybridized carbons (Fsp3) is 0.433. The summed E-state index contributed by atoms with van der Waals surface area (Å²) in [5.41, 5.74) is 11.8. The second kappa shape index (κ2) is 6.55. The molecule has 1 atom stereocenters. The monoisotopic (exact) mass is 410 g/mol. The highest BCUT2D eigenvalue weighted by Crippen LogP contribution is 2.60. The normalized spacial score (nSPS) is 21.8. The number of hydrogen-bond acceptors (Lipinski definition) is 0. The lowest BCUT2D eigenvalue weighted by Crippen LogP contribution is -2.68. The van der Waals surface area contributed by atoms with Crippen molar-refractivity contribution in [2.24, 2.45) is 0 Å². The van der Waals surface area contributed by atoms with Crippen LogP contribution in [0.15, 0.2) is 54.7 Å². The molecule has 1 unspecified atom stereocenters. The molecule has 0 bridgehead atoms. The minimum absolute atomic E-state index is 0.0220. The average molecular weight is 411 g/mol. The Morgan fingerprint density at radius 1 is 0.806 bits per heavy atom. The molecule has 0 saturated carbocycles. The summed E-state index contributed by atoms with van der Waals surface area (Å²) < 4.78 is 2.69. The largest absolute Gasteiger partial charge is 0.217 e. The lowest BCUT2D eigenvalue weighted by molar-refractivity contribution is -0.766. The molecule has 0 fully saturated rings. The SMILES string of the molecule is CCC1(CC)c2ccc(-c3ccccc3)c3c2-c2c(cc(C)c[n+]2C1(C)CC)C3(C)C. The summed E-state index contributed by atoms with van der Waals surface area (Å²) in [5, 5.41) is 0. The molecular formula is C30H36N+. The first kappa shape index (κ1) is 20.5. The zero-order valence-electron chi connectivity index (χ0n) is 20.3. The number of aryl methyl sites for hydroxylation is 1. The molecular weight excluding hydrogens is 374 g/mol. The predicted molar refractivity (Wildman–Crippen MR) is 131 cm³/mol. The van der Waals surface area contributed by atoms with E-state index >= 15 is 0 Å². The molecule has 1 nitrogen and oxygen atoms in total. The molecule has 1 aliphatic carbocycles. The van der Waals surface area contributed by atoms with E-state index in [0.717, 1.165) is 19.3 Å². The van der Waals surface area contributed by atoms with E-state index in [4.69, 9.17) is 0 Å². The maximum absolute atomic E-state index is 2.69. The Hall–Kier alpha value is -2.41. The first-order valence-electron chi connectivity index (χ1n) is 12.1. The van der Waals surface area contributed by atoms with Gasteiger partial charge >= 0.3 is 0 Å². The minimum Gasteiger partial charge on any atom is -0.192 e. The lowest BCUT2D eigenvalue weighted by atomic mass is 9.58. The zero-order chi connectivity index (χ0) is 22.2. The van der Waals surface area contributed by atoms with Crippen LogP contribution in [0.25, 0.3) is 22.4 Å². The zero-order valence-corrected chi connectivity index (χ0v) is 20.3. The third-order valence-corrected chi connectivity index (χ3v) is 9.00. The van der Waals surface area contributed by atoms with Crippen molar-refractivity contribution in [2.75, 3.05) is 0 Å². The summed E-state index contributed by atoms with van der Waals surface area (Å²) in [6.07, 6.45) is 5.87. The van der Waals surface area contributed by atoms with Crippen molar-refractivity contribution >= 4 is 0 Å². The highest BCUT2D eigenvalue weighted by atomic mass is 15.1. The summed E-state index contributed by atoms with van der Waals surface area (Å²) in [7, 11) is 0. The maximum Gasteiger partial charge on any atom is 0.217 e. The van der Waals surface area contributed by atoms with Gasteiger partial charge in [-0.05, 0) is 48.1 Å². The molecule has 2 heterocycles. The summed E-state index contributed by atoms with van der Waals surface area (Å²) in [6.45, 7) is 16.8. The van der Waals surface area contributed by atoms with Crippen LogP contribution in [0.1, 0.15) is 83.1 Å². The van der Waals surface area contributed by atoms with Gasteiger partial charge < -0.3 is 0 Å². The highest BCUT2D eigenvalue weighted by Gasteiger charge is 2.62. The van der Waals surface area contributed by atoms with E-state index in [1.807, 2.05) is 0 Å². The van der Waals surface area contributed by atoms with Gasteiger partial charge in [0.05, 0.1) is 11.0 Å². The van der Waals surface area contributed by atoms with E-state index in [1.54, 1.807) is 5.56 Å². The van der Waals surface area contributed by atoms with Crippen molar-refractivity contribution in [1.29, 1.82) is 0 Å². The predicted octanol–water partition coefficient (Wildman–Crippen LogP) is 7.45. The van der Waals surface area contributed by atoms with Crippen molar-refractivity contribution in [3.63, 3.8) is 0 Å². The molecule has 1 heteroatoms. The van der Waals surface area contributed by atoms with E-state index in [-0.39, 0.29) is 16.4 Å². The van der Waals surface area contributed by atoms with Gasteiger partial charge in [-0.1, -0.05) is 77.1 Å². The Labute approximate surface area is 188 Å². The van der Waals surface area contributed by atoms with Gasteiger partial charge in [0.2, 0.25) is 5.69 Å². The molecule has 1 aliphatic heterocycles. The van der Waals surface area contributed by atoms with E-state index in [9.17, 15) is 0 Å². The van der Waals surface area contributed by atoms with Crippen LogP contribution in [0.5, 0.6) is 0 Å². The molecule has 3 aromatic rings. The van der Waals surface area contributed by atoms with Crippen LogP contribution in [0.3, 0.4) is 0 Å². The summed E-state index contributed by atoms with van der Waals surface area (Å²) >= 11 is 0. The quantitative estimate of drug-likeness (QED) is 0.393. The lowest BCUT2D eigenvalue weighted by Gasteiger charge is -2.48. The smallest absolute Gasteiger partial charge is 0.192 e. The van der Waals surface area contributed by atoms with E-state index in [2.05, 4.69) is 108 Å². The van der Waals surface area contributed by atoms with Crippen LogP contribution in [0.4, 0.5) is 0 Å². The Morgan fingerprint density at radius 3 is 2.10 bits per heavy atom. The second-order valence-corrected chi connectivity index (χ2v) is 10.5. The van der Waals surface area contributed by atoms with Gasteiger partial charge in [-0.3, -0.25) is 0 Å². The summed E-state index contributed by atoms with van der Waals surface area (Å²) in [4.78, 5) is 0. The number of pyridine rings is 1. The average Bonchev–Trinajstić information content (AvgIpc) is 3.02. The topological polar surface area (TPSA) is 3.88 Å². The third kappa shape index (κ3) is 2.30. The first-order valence-corrected chi connectivity index (χ1v) is 12.1. The van der Waals surface area contributed by atoms with Crippen molar-refractivity contribution in [3.05, 3.63) is 77.0 Å². The maximum atomic E-state index is 2.69. The Kier molecular flexibility index (Phi) is 4.33. The Balaban J connectivity index is 2.00. The molecule has 1 aromatic heterocycles. The molecule has 5 rings (SSSR count). The number of rotatable bonds is 4. The number of benzene rings is 2. The van der Waals surface area contributed by atoms with Crippen molar-refractivity contribution in [3.8, 4) is 22.4 Å². The van der Waals surface area contributed by atoms with Crippen molar-refractivity contribution in [1.82, 2.24) is 0 Å². The first-order chi connectivity index (χ1) is 14.8. The van der Waals surface area contributed by atoms with Crippen molar-refractivity contribution in [2.45, 2.75) is 84.1 Å². The molecule has 2 aliphatic rings. The van der Waals surface area contributed by atoms with Gasteiger partial charge in [-0.15, -0.1) is 0 Å². The van der Waals surface area contributed by atoms with Crippen LogP contribution < -0.4 is 4.57 Å². The molecule has 0 spiro atoms. The third-order valence-electron chi connectivity index (χ3n) is 9.00. The minimum atomic E-state index is -0.0220. The van der Waals surface area contributed by atoms with Gasteiger partial charge in [0, 0.05) is 29.9 Å². The molecule has 160 valence electrons. The van der Waals surface area contributed by atoms with Crippen molar-refractivity contribution < 1.29 is 4.57 Å². The van der Waals surface area contributed by atoms with Crippen LogP contribution in [-0.4, -0.2) is 0 Å². The molecule has 2 aromatic carbocycles. The fourth-order valence-corrected chi connectivity index (χ4v) is 7.16. The standard InChI is InChI=1S/C30H36N/c1-8-29(7)30(9-2,10-3)23-17-16-22(21-14-12-11-13-15-21)26-25(23)27-24(28(26,5)6)18-20(4)19-31(27)29/h11-19H,8-10H2,1-7H3/q+1. The van der Waals surface area contributed by atoms with E-state index < -0.39 is 0 Å². The summed E-state index contributed by atoms with van der Waals surface area (Å²) in [5.74, 6) is 0. The van der Waals surface area contributed by atoms with Gasteiger partial charge in [0.15, 0.2) is 11.7 Å².